The summed E-state index contributed by atoms with van der Waals surface area (Å²) < 4.78 is 38.8. The Morgan fingerprint density at radius 3 is 2.30 bits per heavy atom. The Labute approximate surface area is 259 Å². The van der Waals surface area contributed by atoms with Crippen molar-refractivity contribution in [2.75, 3.05) is 36.4 Å². The van der Waals surface area contributed by atoms with E-state index in [9.17, 15) is 9.59 Å². The molecule has 1 fully saturated rings. The van der Waals surface area contributed by atoms with Gasteiger partial charge in [-0.15, -0.1) is 0 Å². The lowest BCUT2D eigenvalue weighted by atomic mass is 10.2. The molecule has 0 unspecified atom stereocenters. The molecule has 228 valence electrons. The van der Waals surface area contributed by atoms with E-state index in [1.165, 1.54) is 21.9 Å². The molecule has 0 aliphatic carbocycles. The van der Waals surface area contributed by atoms with Gasteiger partial charge in [0.1, 0.15) is 16.7 Å². The Hall–Kier alpha value is -4.49. The normalized spacial score (nSPS) is 14.0. The zero-order valence-corrected chi connectivity index (χ0v) is 25.3. The monoisotopic (exact) mass is 642 g/mol. The Kier molecular flexibility index (Phi) is 7.54. The summed E-state index contributed by atoms with van der Waals surface area (Å²) in [7, 11) is 0. The van der Waals surface area contributed by atoms with E-state index in [-0.39, 0.29) is 76.0 Å². The lowest BCUT2D eigenvalue weighted by molar-refractivity contribution is 0.0240. The molecule has 0 spiro atoms. The minimum atomic E-state index is -0.796. The number of hydrogen-bond donors (Lipinski definition) is 1. The van der Waals surface area contributed by atoms with Crippen LogP contribution in [0.2, 0.25) is 10.0 Å². The largest absolute Gasteiger partial charge is 0.444 e. The molecule has 0 atom stereocenters. The van der Waals surface area contributed by atoms with E-state index in [1.807, 2.05) is 0 Å². The highest BCUT2D eigenvalue weighted by Gasteiger charge is 2.28. The van der Waals surface area contributed by atoms with Gasteiger partial charge < -0.3 is 19.9 Å². The highest BCUT2D eigenvalue weighted by Crippen LogP contribution is 2.31. The molecule has 1 amide bonds. The number of ether oxygens (including phenoxy) is 1. The van der Waals surface area contributed by atoms with E-state index >= 15 is 8.78 Å². The van der Waals surface area contributed by atoms with E-state index in [2.05, 4.69) is 20.3 Å². The summed E-state index contributed by atoms with van der Waals surface area (Å²) in [6, 6.07) is 7.15. The van der Waals surface area contributed by atoms with Crippen molar-refractivity contribution in [2.45, 2.75) is 26.4 Å². The van der Waals surface area contributed by atoms with Gasteiger partial charge in [-0.25, -0.2) is 28.1 Å². The van der Waals surface area contributed by atoms with Crippen molar-refractivity contribution in [1.82, 2.24) is 28.8 Å². The van der Waals surface area contributed by atoms with Gasteiger partial charge in [0.05, 0.1) is 15.7 Å². The highest BCUT2D eigenvalue weighted by atomic mass is 35.5. The van der Waals surface area contributed by atoms with E-state index in [0.717, 1.165) is 12.1 Å². The number of hydrogen-bond acceptors (Lipinski definition) is 8. The van der Waals surface area contributed by atoms with Crippen LogP contribution in [0.25, 0.3) is 22.5 Å². The molecule has 5 aromatic rings. The van der Waals surface area contributed by atoms with Crippen LogP contribution in [0, 0.1) is 11.6 Å². The molecule has 2 aromatic carbocycles. The van der Waals surface area contributed by atoms with Crippen molar-refractivity contribution in [3.8, 4) is 5.69 Å². The van der Waals surface area contributed by atoms with Crippen LogP contribution in [0.5, 0.6) is 0 Å². The second-order valence-electron chi connectivity index (χ2n) is 11.1. The van der Waals surface area contributed by atoms with Gasteiger partial charge in [0.2, 0.25) is 11.7 Å². The minimum absolute atomic E-state index is 0.00190. The maximum atomic E-state index is 15.3. The number of amides is 1. The molecule has 0 saturated carbocycles. The first kappa shape index (κ1) is 29.6. The highest BCUT2D eigenvalue weighted by molar-refractivity contribution is 6.37. The number of benzene rings is 2. The fourth-order valence-electron chi connectivity index (χ4n) is 5.02. The van der Waals surface area contributed by atoms with Crippen LogP contribution in [0.15, 0.2) is 53.7 Å². The van der Waals surface area contributed by atoms with Crippen LogP contribution >= 0.6 is 23.2 Å². The maximum absolute atomic E-state index is 15.3. The molecule has 44 heavy (non-hydrogen) atoms. The van der Waals surface area contributed by atoms with Gasteiger partial charge in [-0.2, -0.15) is 4.98 Å². The molecule has 0 radical (unpaired) electrons. The molecule has 15 heteroatoms. The quantitative estimate of drug-likeness (QED) is 0.261. The predicted octanol–water partition coefficient (Wildman–Crippen LogP) is 5.81. The molecule has 1 N–H and O–H groups in total. The molecule has 6 rings (SSSR count). The molecule has 1 saturated heterocycles. The average Bonchev–Trinajstić information content (AvgIpc) is 3.44. The van der Waals surface area contributed by atoms with Gasteiger partial charge in [-0.1, -0.05) is 29.3 Å². The van der Waals surface area contributed by atoms with Gasteiger partial charge in [0.15, 0.2) is 17.3 Å². The second-order valence-corrected chi connectivity index (χ2v) is 11.9. The zero-order valence-electron chi connectivity index (χ0n) is 23.8. The average molecular weight is 643 g/mol. The van der Waals surface area contributed by atoms with Gasteiger partial charge in [-0.05, 0) is 45.0 Å². The van der Waals surface area contributed by atoms with Crippen molar-refractivity contribution in [1.29, 1.82) is 0 Å². The first-order chi connectivity index (χ1) is 20.9. The first-order valence-electron chi connectivity index (χ1n) is 13.6. The number of carbonyl (C=O) groups is 1. The lowest BCUT2D eigenvalue weighted by Gasteiger charge is -2.37. The van der Waals surface area contributed by atoms with Gasteiger partial charge in [0, 0.05) is 50.5 Å². The fraction of sp³-hybridized carbons (Fsp3) is 0.276. The van der Waals surface area contributed by atoms with Crippen LogP contribution in [0.4, 0.5) is 30.9 Å². The summed E-state index contributed by atoms with van der Waals surface area (Å²) >= 11 is 12.8. The molecule has 3 aromatic heterocycles. The third-order valence-electron chi connectivity index (χ3n) is 6.93. The number of anilines is 3. The van der Waals surface area contributed by atoms with Crippen LogP contribution < -0.4 is 15.8 Å². The summed E-state index contributed by atoms with van der Waals surface area (Å²) in [6.07, 6.45) is 3.93. The predicted molar refractivity (Wildman–Crippen MR) is 164 cm³/mol. The maximum Gasteiger partial charge on any atom is 0.410 e. The van der Waals surface area contributed by atoms with Gasteiger partial charge in [-0.3, -0.25) is 9.20 Å². The topological polar surface area (TPSA) is 110 Å². The van der Waals surface area contributed by atoms with Crippen molar-refractivity contribution in [3.05, 3.63) is 81.0 Å². The lowest BCUT2D eigenvalue weighted by Crippen LogP contribution is -2.50. The first-order valence-corrected chi connectivity index (χ1v) is 14.3. The second kappa shape index (κ2) is 11.2. The molecular weight excluding hydrogens is 617 g/mol. The Bertz CT molecular complexity index is 1940. The van der Waals surface area contributed by atoms with Crippen molar-refractivity contribution in [3.63, 3.8) is 0 Å². The fourth-order valence-corrected chi connectivity index (χ4v) is 5.58. The molecular formula is C29H26Cl2F2N8O3. The minimum Gasteiger partial charge on any atom is -0.444 e. The number of fused-ring (bicyclic) bond motifs is 3. The number of aromatic nitrogens is 5. The number of rotatable bonds is 4. The summed E-state index contributed by atoms with van der Waals surface area (Å²) in [5.41, 5.74) is -0.809. The smallest absolute Gasteiger partial charge is 0.410 e. The number of nitrogens with zero attached hydrogens (tertiary/aromatic N) is 7. The number of nitrogens with one attached hydrogen (secondary N) is 1. The van der Waals surface area contributed by atoms with E-state index in [1.54, 1.807) is 54.5 Å². The molecule has 11 nitrogen and oxygen atoms in total. The van der Waals surface area contributed by atoms with E-state index < -0.39 is 28.9 Å². The van der Waals surface area contributed by atoms with Gasteiger partial charge >= 0.3 is 6.09 Å². The van der Waals surface area contributed by atoms with Crippen molar-refractivity contribution in [2.24, 2.45) is 0 Å². The molecule has 1 aliphatic rings. The summed E-state index contributed by atoms with van der Waals surface area (Å²) in [6.45, 7) is 6.29. The Morgan fingerprint density at radius 1 is 1.00 bits per heavy atom. The summed E-state index contributed by atoms with van der Waals surface area (Å²) in [5, 5.41) is 3.45. The van der Waals surface area contributed by atoms with Crippen molar-refractivity contribution < 1.29 is 18.3 Å². The number of piperazine rings is 1. The number of imidazole rings is 1. The number of halogens is 4. The zero-order chi connectivity index (χ0) is 31.3. The third kappa shape index (κ3) is 5.48. The number of para-hydroxylation sites is 1. The van der Waals surface area contributed by atoms with Crippen LogP contribution in [0.1, 0.15) is 20.8 Å². The van der Waals surface area contributed by atoms with E-state index in [4.69, 9.17) is 27.9 Å². The summed E-state index contributed by atoms with van der Waals surface area (Å²) in [4.78, 5) is 42.0. The number of carbonyl (C=O) groups excluding carboxylic acids is 1. The summed E-state index contributed by atoms with van der Waals surface area (Å²) in [5.74, 6) is -1.39. The van der Waals surface area contributed by atoms with E-state index in [0.29, 0.717) is 0 Å². The molecule has 4 heterocycles. The van der Waals surface area contributed by atoms with Crippen LogP contribution in [-0.2, 0) is 4.74 Å². The third-order valence-corrected chi connectivity index (χ3v) is 7.54. The molecule has 0 bridgehead atoms. The van der Waals surface area contributed by atoms with Crippen LogP contribution in [0.3, 0.4) is 0 Å². The Morgan fingerprint density at radius 2 is 1.66 bits per heavy atom. The van der Waals surface area contributed by atoms with Crippen LogP contribution in [-0.4, -0.2) is 66.7 Å². The van der Waals surface area contributed by atoms with Gasteiger partial charge in [0.25, 0.3) is 5.56 Å². The van der Waals surface area contributed by atoms with Crippen molar-refractivity contribution >= 4 is 63.4 Å². The SMILES string of the molecule is CC(C)(C)OC(=O)N1CCN(c2c(F)cc(Nc3ncc4c(=O)n(-c5c(Cl)cccc5Cl)c5nccn5c4n3)cc2F)CC1. The standard InChI is InChI=1S/C29H26Cl2F2N8O3/c1-29(2,3)44-28(43)39-11-9-38(10-12-39)23-20(32)13-16(14-21(23)33)36-26-35-15-17-24(37-26)40-8-7-34-27(40)41(25(17)42)22-18(30)5-4-6-19(22)31/h4-8,13-15H,9-12H2,1-3H3,(H,35,36,37). The Balaban J connectivity index is 1.27. The molecule has 1 aliphatic heterocycles.